The number of Topliss-reactive ketones (excluding diaryl/α,β-unsaturated/α-hetero) is 1. The van der Waals surface area contributed by atoms with Crippen LogP contribution in [0.3, 0.4) is 0 Å². The zero-order chi connectivity index (χ0) is 7.28. The van der Waals surface area contributed by atoms with Crippen LogP contribution in [0.4, 0.5) is 0 Å². The predicted octanol–water partition coefficient (Wildman–Crippen LogP) is -0.375. The van der Waals surface area contributed by atoms with Crippen LogP contribution in [-0.2, 0) is 9.59 Å². The molecule has 54 valence electrons. The smallest absolute Gasteiger partial charge is 0.303 e. The number of aliphatic carboxylic acids is 1. The van der Waals surface area contributed by atoms with E-state index in [9.17, 15) is 9.59 Å². The third-order valence-electron chi connectivity index (χ3n) is 0.845. The fraction of sp³-hybridized carbons (Fsp3) is 0.600. The molecule has 0 aromatic heterocycles. The SMILES string of the molecule is NCC(=O)CCC(=O)O.[HH]. The molecule has 0 aliphatic rings. The van der Waals surface area contributed by atoms with Crippen molar-refractivity contribution in [3.63, 3.8) is 0 Å². The zero-order valence-electron chi connectivity index (χ0n) is 4.96. The van der Waals surface area contributed by atoms with Crippen molar-refractivity contribution in [2.45, 2.75) is 12.8 Å². The summed E-state index contributed by atoms with van der Waals surface area (Å²) in [6.45, 7) is -0.0622. The van der Waals surface area contributed by atoms with E-state index >= 15 is 0 Å². The van der Waals surface area contributed by atoms with Gasteiger partial charge in [0.1, 0.15) is 5.78 Å². The van der Waals surface area contributed by atoms with Crippen LogP contribution in [0, 0.1) is 0 Å². The average molecular weight is 133 g/mol. The monoisotopic (exact) mass is 133 g/mol. The summed E-state index contributed by atoms with van der Waals surface area (Å²) in [4.78, 5) is 20.2. The Balaban J connectivity index is 0. The minimum atomic E-state index is -0.961. The molecule has 0 atom stereocenters. The van der Waals surface area contributed by atoms with Gasteiger partial charge in [0.25, 0.3) is 0 Å². The van der Waals surface area contributed by atoms with E-state index in [0.717, 1.165) is 0 Å². The lowest BCUT2D eigenvalue weighted by atomic mass is 10.2. The number of carbonyl (C=O) groups is 2. The van der Waals surface area contributed by atoms with Gasteiger partial charge in [-0.15, -0.1) is 0 Å². The van der Waals surface area contributed by atoms with Gasteiger partial charge in [-0.3, -0.25) is 9.59 Å². The number of carbonyl (C=O) groups excluding carboxylic acids is 1. The van der Waals surface area contributed by atoms with E-state index < -0.39 is 5.97 Å². The Morgan fingerprint density at radius 2 is 2.00 bits per heavy atom. The fourth-order valence-corrected chi connectivity index (χ4v) is 0.348. The minimum absolute atomic E-state index is 0. The Bertz CT molecular complexity index is 126. The minimum Gasteiger partial charge on any atom is -0.481 e. The first-order valence-electron chi connectivity index (χ1n) is 2.60. The highest BCUT2D eigenvalue weighted by molar-refractivity contribution is 5.83. The van der Waals surface area contributed by atoms with E-state index in [-0.39, 0.29) is 26.6 Å². The highest BCUT2D eigenvalue weighted by Gasteiger charge is 2.01. The summed E-state index contributed by atoms with van der Waals surface area (Å²) >= 11 is 0. The molecule has 4 heteroatoms. The molecule has 0 amide bonds. The molecule has 0 heterocycles. The van der Waals surface area contributed by atoms with Gasteiger partial charge in [0.15, 0.2) is 0 Å². The van der Waals surface area contributed by atoms with Crippen molar-refractivity contribution >= 4 is 11.8 Å². The van der Waals surface area contributed by atoms with Crippen LogP contribution >= 0.6 is 0 Å². The Hall–Kier alpha value is -0.900. The topological polar surface area (TPSA) is 80.4 Å². The number of hydrogen-bond donors (Lipinski definition) is 2. The van der Waals surface area contributed by atoms with Gasteiger partial charge in [-0.25, -0.2) is 0 Å². The molecule has 4 nitrogen and oxygen atoms in total. The predicted molar refractivity (Wildman–Crippen MR) is 33.0 cm³/mol. The number of rotatable bonds is 4. The standard InChI is InChI=1S/C5H9NO3.H2/c6-3-4(7)1-2-5(8)9;/h1-3,6H2,(H,8,9);1H. The van der Waals surface area contributed by atoms with E-state index in [1.54, 1.807) is 0 Å². The van der Waals surface area contributed by atoms with Crippen LogP contribution in [0.15, 0.2) is 0 Å². The largest absolute Gasteiger partial charge is 0.481 e. The Kier molecular flexibility index (Phi) is 3.62. The lowest BCUT2D eigenvalue weighted by molar-refractivity contribution is -0.138. The third-order valence-corrected chi connectivity index (χ3v) is 0.845. The van der Waals surface area contributed by atoms with Gasteiger partial charge in [-0.2, -0.15) is 0 Å². The molecule has 0 aromatic carbocycles. The fourth-order valence-electron chi connectivity index (χ4n) is 0.348. The van der Waals surface area contributed by atoms with Crippen LogP contribution in [0.2, 0.25) is 0 Å². The van der Waals surface area contributed by atoms with Gasteiger partial charge < -0.3 is 10.8 Å². The maximum Gasteiger partial charge on any atom is 0.303 e. The van der Waals surface area contributed by atoms with Crippen molar-refractivity contribution < 1.29 is 16.1 Å². The summed E-state index contributed by atoms with van der Waals surface area (Å²) < 4.78 is 0. The third kappa shape index (κ3) is 4.96. The second kappa shape index (κ2) is 4.03. The molecule has 0 aromatic rings. The number of carboxylic acid groups (broad SMARTS) is 1. The first kappa shape index (κ1) is 8.10. The van der Waals surface area contributed by atoms with Gasteiger partial charge in [0, 0.05) is 7.85 Å². The summed E-state index contributed by atoms with van der Waals surface area (Å²) in [5.74, 6) is -1.17. The molecule has 9 heavy (non-hydrogen) atoms. The Labute approximate surface area is 54.1 Å². The maximum absolute atomic E-state index is 10.3. The first-order valence-corrected chi connectivity index (χ1v) is 2.60. The normalized spacial score (nSPS) is 9.00. The Morgan fingerprint density at radius 3 is 2.33 bits per heavy atom. The van der Waals surface area contributed by atoms with Gasteiger partial charge >= 0.3 is 5.97 Å². The lowest BCUT2D eigenvalue weighted by Crippen LogP contribution is -2.14. The van der Waals surface area contributed by atoms with Gasteiger partial charge in [0.2, 0.25) is 0 Å². The molecule has 0 radical (unpaired) electrons. The molecule has 0 unspecified atom stereocenters. The summed E-state index contributed by atoms with van der Waals surface area (Å²) in [7, 11) is 0. The van der Waals surface area contributed by atoms with E-state index in [1.807, 2.05) is 0 Å². The van der Waals surface area contributed by atoms with Crippen LogP contribution in [0.25, 0.3) is 0 Å². The molecule has 0 spiro atoms. The van der Waals surface area contributed by atoms with Crippen molar-refractivity contribution in [3.05, 3.63) is 0 Å². The molecule has 0 fully saturated rings. The Morgan fingerprint density at radius 1 is 1.44 bits per heavy atom. The first-order chi connectivity index (χ1) is 4.16. The van der Waals surface area contributed by atoms with E-state index in [1.165, 1.54) is 0 Å². The second-order valence-corrected chi connectivity index (χ2v) is 1.64. The number of ketones is 1. The van der Waals surface area contributed by atoms with Crippen molar-refractivity contribution in [2.75, 3.05) is 6.54 Å². The van der Waals surface area contributed by atoms with Gasteiger partial charge in [0.05, 0.1) is 13.0 Å². The molecule has 3 N–H and O–H groups in total. The van der Waals surface area contributed by atoms with Gasteiger partial charge in [-0.05, 0) is 0 Å². The molecular weight excluding hydrogens is 122 g/mol. The van der Waals surface area contributed by atoms with E-state index in [0.29, 0.717) is 0 Å². The molecule has 0 aliphatic heterocycles. The summed E-state index contributed by atoms with van der Waals surface area (Å²) in [6.07, 6.45) is -0.0676. The number of carboxylic acids is 1. The summed E-state index contributed by atoms with van der Waals surface area (Å²) in [5, 5.41) is 8.06. The second-order valence-electron chi connectivity index (χ2n) is 1.64. The molecule has 0 aliphatic carbocycles. The highest BCUT2D eigenvalue weighted by Crippen LogP contribution is 1.87. The van der Waals surface area contributed by atoms with Crippen LogP contribution < -0.4 is 5.73 Å². The summed E-state index contributed by atoms with van der Waals surface area (Å²) in [5.41, 5.74) is 4.92. The van der Waals surface area contributed by atoms with Crippen molar-refractivity contribution in [1.29, 1.82) is 0 Å². The van der Waals surface area contributed by atoms with Crippen molar-refractivity contribution in [2.24, 2.45) is 5.73 Å². The quantitative estimate of drug-likeness (QED) is 0.548. The molecule has 0 saturated carbocycles. The number of hydrogen-bond acceptors (Lipinski definition) is 3. The molecule has 0 saturated heterocycles. The van der Waals surface area contributed by atoms with E-state index in [4.69, 9.17) is 10.8 Å². The lowest BCUT2D eigenvalue weighted by Gasteiger charge is -1.90. The number of nitrogens with two attached hydrogens (primary N) is 1. The van der Waals surface area contributed by atoms with Crippen LogP contribution in [0.1, 0.15) is 14.3 Å². The molecule has 0 bridgehead atoms. The van der Waals surface area contributed by atoms with Crippen LogP contribution in [0.5, 0.6) is 0 Å². The molecular formula is C5H11NO3. The highest BCUT2D eigenvalue weighted by atomic mass is 16.4. The maximum atomic E-state index is 10.3. The van der Waals surface area contributed by atoms with Gasteiger partial charge in [-0.1, -0.05) is 0 Å². The van der Waals surface area contributed by atoms with E-state index in [2.05, 4.69) is 0 Å². The summed E-state index contributed by atoms with van der Waals surface area (Å²) in [6, 6.07) is 0. The van der Waals surface area contributed by atoms with Crippen LogP contribution in [-0.4, -0.2) is 23.4 Å². The zero-order valence-corrected chi connectivity index (χ0v) is 4.96. The van der Waals surface area contributed by atoms with Crippen molar-refractivity contribution in [1.82, 2.24) is 0 Å². The van der Waals surface area contributed by atoms with Crippen molar-refractivity contribution in [3.8, 4) is 0 Å². The molecule has 0 rings (SSSR count). The average Bonchev–Trinajstić information content (AvgIpc) is 1.83.